The molecule has 3 fully saturated rings. The smallest absolute Gasteiger partial charge is 0.0970 e. The third-order valence-electron chi connectivity index (χ3n) is 10.1. The molecule has 4 aliphatic carbocycles. The first-order chi connectivity index (χ1) is 14.0. The Morgan fingerprint density at radius 1 is 1.17 bits per heavy atom. The largest absolute Gasteiger partial charge is 0.396 e. The van der Waals surface area contributed by atoms with Crippen LogP contribution >= 0.6 is 0 Å². The van der Waals surface area contributed by atoms with E-state index in [4.69, 9.17) is 0 Å². The molecule has 0 spiro atoms. The number of aliphatic hydroxyl groups is 4. The zero-order chi connectivity index (χ0) is 22.0. The lowest BCUT2D eigenvalue weighted by molar-refractivity contribution is -0.196. The van der Waals surface area contributed by atoms with Crippen molar-refractivity contribution < 1.29 is 20.4 Å². The van der Waals surface area contributed by atoms with Crippen LogP contribution in [0.2, 0.25) is 0 Å². The average Bonchev–Trinajstić information content (AvgIpc) is 2.99. The van der Waals surface area contributed by atoms with Gasteiger partial charge in [-0.15, -0.1) is 6.58 Å². The Hall–Kier alpha value is -0.680. The predicted octanol–water partition coefficient (Wildman–Crippen LogP) is 4.12. The number of aliphatic hydroxyl groups excluding tert-OH is 2. The normalized spacial score (nSPS) is 47.0. The third kappa shape index (κ3) is 2.73. The maximum Gasteiger partial charge on any atom is 0.0970 e. The molecule has 0 radical (unpaired) electrons. The minimum absolute atomic E-state index is 0.156. The van der Waals surface area contributed by atoms with Crippen molar-refractivity contribution in [2.75, 3.05) is 6.61 Å². The van der Waals surface area contributed by atoms with Crippen molar-refractivity contribution in [3.63, 3.8) is 0 Å². The molecule has 0 saturated heterocycles. The van der Waals surface area contributed by atoms with E-state index in [-0.39, 0.29) is 12.0 Å². The lowest BCUT2D eigenvalue weighted by Gasteiger charge is -2.62. The number of allylic oxidation sites excluding steroid dienone is 2. The Balaban J connectivity index is 1.76. The van der Waals surface area contributed by atoms with Crippen molar-refractivity contribution in [1.29, 1.82) is 0 Å². The molecule has 3 unspecified atom stereocenters. The molecule has 4 heteroatoms. The second kappa shape index (κ2) is 7.16. The van der Waals surface area contributed by atoms with Crippen LogP contribution in [0.5, 0.6) is 0 Å². The van der Waals surface area contributed by atoms with Crippen LogP contribution in [-0.4, -0.2) is 44.3 Å². The van der Waals surface area contributed by atoms with Crippen molar-refractivity contribution in [1.82, 2.24) is 0 Å². The molecule has 0 aliphatic heterocycles. The standard InChI is InChI=1S/C26H42O4/c1-5-11-24-12-6-7-13-25(24,29)15-8-18-19-10-16-26(30,21(28)22(2,3)17-27)23(19,4)14-9-20(18)24/h5,9,18-19,21,27-30H,1,6-8,10-17H2,2-4H3/t18-,19-,21?,23-,24+,25?,26?/m0/s1. The highest BCUT2D eigenvalue weighted by Gasteiger charge is 2.67. The molecule has 4 nitrogen and oxygen atoms in total. The zero-order valence-electron chi connectivity index (χ0n) is 19.2. The van der Waals surface area contributed by atoms with E-state index >= 15 is 0 Å². The third-order valence-corrected chi connectivity index (χ3v) is 10.1. The summed E-state index contributed by atoms with van der Waals surface area (Å²) >= 11 is 0. The molecule has 4 rings (SSSR count). The van der Waals surface area contributed by atoms with E-state index in [0.29, 0.717) is 24.7 Å². The number of rotatable bonds is 5. The quantitative estimate of drug-likeness (QED) is 0.506. The van der Waals surface area contributed by atoms with Crippen LogP contribution in [0.3, 0.4) is 0 Å². The first kappa shape index (κ1) is 22.5. The van der Waals surface area contributed by atoms with Gasteiger partial charge in [0.25, 0.3) is 0 Å². The van der Waals surface area contributed by atoms with Crippen molar-refractivity contribution in [3.8, 4) is 0 Å². The Labute approximate surface area is 182 Å². The van der Waals surface area contributed by atoms with Crippen LogP contribution in [0.4, 0.5) is 0 Å². The maximum atomic E-state index is 11.9. The van der Waals surface area contributed by atoms with Gasteiger partial charge in [-0.05, 0) is 63.2 Å². The van der Waals surface area contributed by atoms with E-state index in [9.17, 15) is 20.4 Å². The Kier molecular flexibility index (Phi) is 5.38. The molecule has 7 atom stereocenters. The Bertz CT molecular complexity index is 729. The summed E-state index contributed by atoms with van der Waals surface area (Å²) < 4.78 is 0. The van der Waals surface area contributed by atoms with E-state index in [2.05, 4.69) is 19.6 Å². The van der Waals surface area contributed by atoms with Gasteiger partial charge < -0.3 is 20.4 Å². The summed E-state index contributed by atoms with van der Waals surface area (Å²) in [7, 11) is 0. The molecule has 0 aromatic heterocycles. The molecule has 4 aliphatic rings. The van der Waals surface area contributed by atoms with Crippen molar-refractivity contribution in [2.45, 2.75) is 102 Å². The summed E-state index contributed by atoms with van der Waals surface area (Å²) in [6.45, 7) is 9.69. The molecule has 4 N–H and O–H groups in total. The first-order valence-corrected chi connectivity index (χ1v) is 12.1. The topological polar surface area (TPSA) is 80.9 Å². The van der Waals surface area contributed by atoms with Gasteiger partial charge in [0.05, 0.1) is 23.9 Å². The fraction of sp³-hybridized carbons (Fsp3) is 0.846. The molecule has 30 heavy (non-hydrogen) atoms. The van der Waals surface area contributed by atoms with Gasteiger partial charge in [-0.2, -0.15) is 0 Å². The summed E-state index contributed by atoms with van der Waals surface area (Å²) in [5, 5.41) is 44.7. The first-order valence-electron chi connectivity index (χ1n) is 12.1. The second-order valence-electron chi connectivity index (χ2n) is 11.9. The van der Waals surface area contributed by atoms with Crippen LogP contribution in [0.25, 0.3) is 0 Å². The van der Waals surface area contributed by atoms with Gasteiger partial charge in [0, 0.05) is 16.2 Å². The monoisotopic (exact) mass is 418 g/mol. The summed E-state index contributed by atoms with van der Waals surface area (Å²) in [6.07, 6.45) is 12.2. The fourth-order valence-corrected chi connectivity index (χ4v) is 8.20. The fourth-order valence-electron chi connectivity index (χ4n) is 8.20. The minimum atomic E-state index is -1.21. The van der Waals surface area contributed by atoms with Crippen molar-refractivity contribution in [3.05, 3.63) is 24.3 Å². The lowest BCUT2D eigenvalue weighted by atomic mass is 9.45. The highest BCUT2D eigenvalue weighted by molar-refractivity contribution is 5.35. The molecule has 0 aromatic carbocycles. The maximum absolute atomic E-state index is 11.9. The molecular formula is C26H42O4. The average molecular weight is 419 g/mol. The van der Waals surface area contributed by atoms with E-state index in [1.165, 1.54) is 5.57 Å². The van der Waals surface area contributed by atoms with Crippen LogP contribution in [0.1, 0.15) is 85.0 Å². The molecule has 0 heterocycles. The number of hydrogen-bond acceptors (Lipinski definition) is 4. The van der Waals surface area contributed by atoms with Crippen molar-refractivity contribution >= 4 is 0 Å². The highest BCUT2D eigenvalue weighted by atomic mass is 16.3. The van der Waals surface area contributed by atoms with Crippen LogP contribution in [-0.2, 0) is 0 Å². The van der Waals surface area contributed by atoms with Gasteiger partial charge in [0.1, 0.15) is 0 Å². The molecule has 170 valence electrons. The Morgan fingerprint density at radius 3 is 2.53 bits per heavy atom. The summed E-state index contributed by atoms with van der Waals surface area (Å²) in [5.41, 5.74) is -1.82. The van der Waals surface area contributed by atoms with Crippen molar-refractivity contribution in [2.24, 2.45) is 28.1 Å². The van der Waals surface area contributed by atoms with Gasteiger partial charge >= 0.3 is 0 Å². The molecule has 0 aromatic rings. The van der Waals surface area contributed by atoms with E-state index in [1.54, 1.807) is 0 Å². The lowest BCUT2D eigenvalue weighted by Crippen LogP contribution is -2.62. The summed E-state index contributed by atoms with van der Waals surface area (Å²) in [6, 6.07) is 0. The van der Waals surface area contributed by atoms with E-state index in [0.717, 1.165) is 51.4 Å². The summed E-state index contributed by atoms with van der Waals surface area (Å²) in [5.74, 6) is 0.639. The number of hydrogen-bond donors (Lipinski definition) is 4. The van der Waals surface area contributed by atoms with Crippen LogP contribution in [0.15, 0.2) is 24.3 Å². The van der Waals surface area contributed by atoms with Crippen LogP contribution < -0.4 is 0 Å². The zero-order valence-corrected chi connectivity index (χ0v) is 19.2. The van der Waals surface area contributed by atoms with Crippen LogP contribution in [0, 0.1) is 28.1 Å². The Morgan fingerprint density at radius 2 is 1.87 bits per heavy atom. The predicted molar refractivity (Wildman–Crippen MR) is 119 cm³/mol. The van der Waals surface area contributed by atoms with Gasteiger partial charge in [-0.25, -0.2) is 0 Å². The minimum Gasteiger partial charge on any atom is -0.396 e. The molecule has 3 saturated carbocycles. The van der Waals surface area contributed by atoms with Gasteiger partial charge in [-0.3, -0.25) is 0 Å². The molecule has 0 bridgehead atoms. The number of fused-ring (bicyclic) bond motifs is 5. The highest BCUT2D eigenvalue weighted by Crippen LogP contribution is 2.69. The van der Waals surface area contributed by atoms with Gasteiger partial charge in [0.2, 0.25) is 0 Å². The molecule has 0 amide bonds. The van der Waals surface area contributed by atoms with Gasteiger partial charge in [-0.1, -0.05) is 51.3 Å². The second-order valence-corrected chi connectivity index (χ2v) is 11.9. The SMILES string of the molecule is C=CC[C@]12CCCCC1(O)CC[C@@H]1C2=CC[C@@]2(C)[C@H]1CCC2(O)C(O)C(C)(C)CO. The van der Waals surface area contributed by atoms with Gasteiger partial charge in [0.15, 0.2) is 0 Å². The molecular weight excluding hydrogens is 376 g/mol. The van der Waals surface area contributed by atoms with E-state index < -0.39 is 28.1 Å². The van der Waals surface area contributed by atoms with E-state index in [1.807, 2.05) is 19.9 Å². The summed E-state index contributed by atoms with van der Waals surface area (Å²) in [4.78, 5) is 0.